The van der Waals surface area contributed by atoms with Crippen LogP contribution in [0.3, 0.4) is 0 Å². The van der Waals surface area contributed by atoms with E-state index in [1.54, 1.807) is 11.3 Å². The Morgan fingerprint density at radius 2 is 2.17 bits per heavy atom. The number of nitrogens with zero attached hydrogens (tertiary/aromatic N) is 1. The Balaban J connectivity index is 2.12. The summed E-state index contributed by atoms with van der Waals surface area (Å²) in [7, 11) is 1.94. The van der Waals surface area contributed by atoms with E-state index in [1.807, 2.05) is 20.2 Å². The molecule has 0 spiro atoms. The predicted octanol–water partition coefficient (Wildman–Crippen LogP) is 3.06. The molecule has 0 saturated carbocycles. The van der Waals surface area contributed by atoms with E-state index in [9.17, 15) is 0 Å². The zero-order chi connectivity index (χ0) is 13.0. The van der Waals surface area contributed by atoms with Crippen LogP contribution in [0.25, 0.3) is 0 Å². The van der Waals surface area contributed by atoms with Crippen LogP contribution in [0.15, 0.2) is 24.4 Å². The second-order valence-electron chi connectivity index (χ2n) is 4.23. The van der Waals surface area contributed by atoms with Gasteiger partial charge in [0.2, 0.25) is 0 Å². The Hall–Kier alpha value is -1.39. The first-order valence-electron chi connectivity index (χ1n) is 5.98. The van der Waals surface area contributed by atoms with Crippen LogP contribution in [0.2, 0.25) is 0 Å². The first-order chi connectivity index (χ1) is 8.70. The molecule has 0 bridgehead atoms. The number of benzene rings is 1. The molecule has 0 aliphatic rings. The summed E-state index contributed by atoms with van der Waals surface area (Å²) in [6, 6.07) is 6.23. The molecule has 0 amide bonds. The molecule has 3 nitrogen and oxygen atoms in total. The fraction of sp³-hybridized carbons (Fsp3) is 0.357. The SMILES string of the molecule is CNCc1cccc(C)c1OCc1cnc(C)s1. The lowest BCUT2D eigenvalue weighted by molar-refractivity contribution is 0.303. The van der Waals surface area contributed by atoms with E-state index < -0.39 is 0 Å². The van der Waals surface area contributed by atoms with Crippen LogP contribution in [-0.2, 0) is 13.2 Å². The van der Waals surface area contributed by atoms with Gasteiger partial charge in [0.15, 0.2) is 0 Å². The summed E-state index contributed by atoms with van der Waals surface area (Å²) in [4.78, 5) is 5.39. The number of rotatable bonds is 5. The number of para-hydroxylation sites is 1. The topological polar surface area (TPSA) is 34.1 Å². The quantitative estimate of drug-likeness (QED) is 0.899. The number of ether oxygens (including phenoxy) is 1. The van der Waals surface area contributed by atoms with Gasteiger partial charge in [-0.1, -0.05) is 18.2 Å². The molecule has 1 aromatic heterocycles. The van der Waals surface area contributed by atoms with Gasteiger partial charge in [-0.25, -0.2) is 4.98 Å². The maximum absolute atomic E-state index is 5.95. The van der Waals surface area contributed by atoms with Crippen molar-refractivity contribution in [1.82, 2.24) is 10.3 Å². The molecule has 18 heavy (non-hydrogen) atoms. The van der Waals surface area contributed by atoms with Crippen molar-refractivity contribution in [2.75, 3.05) is 7.05 Å². The lowest BCUT2D eigenvalue weighted by atomic mass is 10.1. The Morgan fingerprint density at radius 3 is 2.83 bits per heavy atom. The molecule has 1 aromatic carbocycles. The second kappa shape index (κ2) is 5.98. The van der Waals surface area contributed by atoms with Crippen LogP contribution < -0.4 is 10.1 Å². The van der Waals surface area contributed by atoms with Crippen LogP contribution >= 0.6 is 11.3 Å². The van der Waals surface area contributed by atoms with Crippen molar-refractivity contribution >= 4 is 11.3 Å². The minimum Gasteiger partial charge on any atom is -0.487 e. The Bertz CT molecular complexity index is 522. The van der Waals surface area contributed by atoms with E-state index in [0.717, 1.165) is 22.2 Å². The zero-order valence-corrected chi connectivity index (χ0v) is 11.8. The highest BCUT2D eigenvalue weighted by Gasteiger charge is 2.07. The van der Waals surface area contributed by atoms with Gasteiger partial charge in [-0.3, -0.25) is 0 Å². The summed E-state index contributed by atoms with van der Waals surface area (Å²) in [5.41, 5.74) is 2.36. The van der Waals surface area contributed by atoms with Crippen molar-refractivity contribution in [3.8, 4) is 5.75 Å². The molecule has 2 rings (SSSR count). The number of nitrogens with one attached hydrogen (secondary N) is 1. The highest BCUT2D eigenvalue weighted by molar-refractivity contribution is 7.11. The Kier molecular flexibility index (Phi) is 4.33. The van der Waals surface area contributed by atoms with Crippen LogP contribution in [0.4, 0.5) is 0 Å². The average Bonchev–Trinajstić information content (AvgIpc) is 2.75. The van der Waals surface area contributed by atoms with E-state index in [2.05, 4.69) is 35.4 Å². The van der Waals surface area contributed by atoms with Gasteiger partial charge in [0.1, 0.15) is 12.4 Å². The van der Waals surface area contributed by atoms with Gasteiger partial charge < -0.3 is 10.1 Å². The van der Waals surface area contributed by atoms with Crippen molar-refractivity contribution in [1.29, 1.82) is 0 Å². The molecule has 1 heterocycles. The first-order valence-corrected chi connectivity index (χ1v) is 6.79. The van der Waals surface area contributed by atoms with Gasteiger partial charge in [0, 0.05) is 18.3 Å². The molecule has 0 fully saturated rings. The molecule has 0 unspecified atom stereocenters. The highest BCUT2D eigenvalue weighted by atomic mass is 32.1. The fourth-order valence-electron chi connectivity index (χ4n) is 1.86. The average molecular weight is 262 g/mol. The number of thiazole rings is 1. The lowest BCUT2D eigenvalue weighted by Crippen LogP contribution is -2.08. The predicted molar refractivity (Wildman–Crippen MR) is 75.1 cm³/mol. The van der Waals surface area contributed by atoms with Crippen molar-refractivity contribution in [3.63, 3.8) is 0 Å². The lowest BCUT2D eigenvalue weighted by Gasteiger charge is -2.13. The van der Waals surface area contributed by atoms with Crippen molar-refractivity contribution < 1.29 is 4.74 Å². The minimum absolute atomic E-state index is 0.590. The zero-order valence-electron chi connectivity index (χ0n) is 11.0. The van der Waals surface area contributed by atoms with Crippen LogP contribution in [0, 0.1) is 13.8 Å². The number of hydrogen-bond acceptors (Lipinski definition) is 4. The highest BCUT2D eigenvalue weighted by Crippen LogP contribution is 2.25. The minimum atomic E-state index is 0.590. The first kappa shape index (κ1) is 13.1. The number of aromatic nitrogens is 1. The molecule has 2 aromatic rings. The Morgan fingerprint density at radius 1 is 1.33 bits per heavy atom. The van der Waals surface area contributed by atoms with Gasteiger partial charge in [0.25, 0.3) is 0 Å². The molecule has 96 valence electrons. The van der Waals surface area contributed by atoms with Crippen molar-refractivity contribution in [3.05, 3.63) is 45.4 Å². The molecule has 0 radical (unpaired) electrons. The molecule has 0 atom stereocenters. The maximum Gasteiger partial charge on any atom is 0.127 e. The number of hydrogen-bond donors (Lipinski definition) is 1. The summed E-state index contributed by atoms with van der Waals surface area (Å²) in [6.07, 6.45) is 1.88. The number of aryl methyl sites for hydroxylation is 2. The van der Waals surface area contributed by atoms with E-state index in [0.29, 0.717) is 6.61 Å². The third-order valence-electron chi connectivity index (χ3n) is 2.69. The maximum atomic E-state index is 5.95. The van der Waals surface area contributed by atoms with Crippen LogP contribution in [0.5, 0.6) is 5.75 Å². The standard InChI is InChI=1S/C14H18N2OS/c1-10-5-4-6-12(7-15-3)14(10)17-9-13-8-16-11(2)18-13/h4-6,8,15H,7,9H2,1-3H3. The molecular weight excluding hydrogens is 244 g/mol. The van der Waals surface area contributed by atoms with Gasteiger partial charge in [0.05, 0.1) is 9.88 Å². The summed E-state index contributed by atoms with van der Waals surface area (Å²) in [5, 5.41) is 4.24. The third-order valence-corrected chi connectivity index (χ3v) is 3.57. The molecule has 0 aliphatic heterocycles. The van der Waals surface area contributed by atoms with Crippen LogP contribution in [0.1, 0.15) is 21.0 Å². The summed E-state index contributed by atoms with van der Waals surface area (Å²) < 4.78 is 5.95. The van der Waals surface area contributed by atoms with Gasteiger partial charge in [-0.05, 0) is 26.5 Å². The van der Waals surface area contributed by atoms with E-state index in [1.165, 1.54) is 11.1 Å². The van der Waals surface area contributed by atoms with E-state index in [4.69, 9.17) is 4.74 Å². The molecular formula is C14H18N2OS. The summed E-state index contributed by atoms with van der Waals surface area (Å²) in [5.74, 6) is 0.984. The normalized spacial score (nSPS) is 10.6. The summed E-state index contributed by atoms with van der Waals surface area (Å²) in [6.45, 7) is 5.49. The fourth-order valence-corrected chi connectivity index (χ4v) is 2.57. The molecule has 0 saturated heterocycles. The largest absolute Gasteiger partial charge is 0.487 e. The molecule has 1 N–H and O–H groups in total. The van der Waals surface area contributed by atoms with Gasteiger partial charge in [-0.2, -0.15) is 0 Å². The van der Waals surface area contributed by atoms with Crippen molar-refractivity contribution in [2.45, 2.75) is 27.0 Å². The van der Waals surface area contributed by atoms with E-state index >= 15 is 0 Å². The van der Waals surface area contributed by atoms with E-state index in [-0.39, 0.29) is 0 Å². The monoisotopic (exact) mass is 262 g/mol. The second-order valence-corrected chi connectivity index (χ2v) is 5.55. The summed E-state index contributed by atoms with van der Waals surface area (Å²) >= 11 is 1.68. The van der Waals surface area contributed by atoms with Crippen LogP contribution in [-0.4, -0.2) is 12.0 Å². The van der Waals surface area contributed by atoms with Crippen molar-refractivity contribution in [2.24, 2.45) is 0 Å². The molecule has 4 heteroatoms. The molecule has 0 aliphatic carbocycles. The van der Waals surface area contributed by atoms with Gasteiger partial charge >= 0.3 is 0 Å². The van der Waals surface area contributed by atoms with Gasteiger partial charge in [-0.15, -0.1) is 11.3 Å². The Labute approximate surface area is 112 Å². The smallest absolute Gasteiger partial charge is 0.127 e. The third kappa shape index (κ3) is 3.09.